The average Bonchev–Trinajstić information content (AvgIpc) is 3.62. The third-order valence-electron chi connectivity index (χ3n) is 9.88. The third kappa shape index (κ3) is 6.76. The molecule has 10 nitrogen and oxygen atoms in total. The number of rotatable bonds is 6. The van der Waals surface area contributed by atoms with Crippen LogP contribution in [0.1, 0.15) is 71.8 Å². The van der Waals surface area contributed by atoms with E-state index in [0.29, 0.717) is 19.0 Å². The van der Waals surface area contributed by atoms with Crippen LogP contribution in [0.5, 0.6) is 0 Å². The van der Waals surface area contributed by atoms with Crippen molar-refractivity contribution in [2.45, 2.75) is 79.5 Å². The molecule has 0 saturated carbocycles. The van der Waals surface area contributed by atoms with Crippen LogP contribution in [0.25, 0.3) is 11.3 Å². The van der Waals surface area contributed by atoms with E-state index in [2.05, 4.69) is 77.1 Å². The van der Waals surface area contributed by atoms with Crippen molar-refractivity contribution in [2.75, 3.05) is 44.2 Å². The van der Waals surface area contributed by atoms with Crippen molar-refractivity contribution < 1.29 is 9.53 Å². The number of hydrogen-bond donors (Lipinski definition) is 0. The van der Waals surface area contributed by atoms with Gasteiger partial charge in [0.25, 0.3) is 0 Å². The van der Waals surface area contributed by atoms with E-state index in [1.165, 1.54) is 17.7 Å². The minimum atomic E-state index is -0.467. The second-order valence-electron chi connectivity index (χ2n) is 14.3. The average molecular weight is 613 g/mol. The van der Waals surface area contributed by atoms with Crippen molar-refractivity contribution in [3.05, 3.63) is 54.0 Å². The Morgan fingerprint density at radius 2 is 1.76 bits per heavy atom. The van der Waals surface area contributed by atoms with Crippen molar-refractivity contribution in [1.29, 1.82) is 0 Å². The maximum Gasteiger partial charge on any atom is 0.410 e. The highest BCUT2D eigenvalue weighted by Crippen LogP contribution is 2.45. The van der Waals surface area contributed by atoms with Gasteiger partial charge in [-0.15, -0.1) is 0 Å². The van der Waals surface area contributed by atoms with Crippen molar-refractivity contribution in [3.63, 3.8) is 0 Å². The molecule has 2 aromatic heterocycles. The predicted molar refractivity (Wildman–Crippen MR) is 178 cm³/mol. The fourth-order valence-corrected chi connectivity index (χ4v) is 6.96. The molecule has 45 heavy (non-hydrogen) atoms. The molecule has 2 saturated heterocycles. The number of nitrogens with zero attached hydrogens (tertiary/aromatic N) is 8. The molecule has 3 aliphatic rings. The zero-order valence-electron chi connectivity index (χ0n) is 28.0. The number of piperazine rings is 1. The number of aryl methyl sites for hydroxylation is 1. The summed E-state index contributed by atoms with van der Waals surface area (Å²) in [6.45, 7) is 20.4. The molecule has 10 heteroatoms. The summed E-state index contributed by atoms with van der Waals surface area (Å²) in [5.74, 6) is 2.12. The summed E-state index contributed by atoms with van der Waals surface area (Å²) < 4.78 is 7.54. The SMILES string of the molecule is CC1=Nc2nc(C)nn2C(C)C1(C)C[C@@H]1CCN(c2ccc(-c3ccc(CN4CCN(C(=O)OC(C)(C)C)CC4)cn3)cc2)C1. The molecule has 0 aliphatic carbocycles. The molecular formula is C35H48N8O2. The van der Waals surface area contributed by atoms with Gasteiger partial charge in [0.05, 0.1) is 11.7 Å². The van der Waals surface area contributed by atoms with E-state index in [0.717, 1.165) is 67.9 Å². The molecule has 1 amide bonds. The van der Waals surface area contributed by atoms with E-state index < -0.39 is 5.60 Å². The smallest absolute Gasteiger partial charge is 0.410 e. The molecule has 2 fully saturated rings. The molecular weight excluding hydrogens is 564 g/mol. The topological polar surface area (TPSA) is 92.0 Å². The molecule has 1 aromatic carbocycles. The van der Waals surface area contributed by atoms with Crippen LogP contribution in [-0.4, -0.2) is 86.2 Å². The fourth-order valence-electron chi connectivity index (χ4n) is 6.96. The Hall–Kier alpha value is -3.79. The van der Waals surface area contributed by atoms with Crippen LogP contribution < -0.4 is 4.90 Å². The molecule has 0 bridgehead atoms. The van der Waals surface area contributed by atoms with Crippen LogP contribution in [-0.2, 0) is 11.3 Å². The lowest BCUT2D eigenvalue weighted by Gasteiger charge is -2.40. The van der Waals surface area contributed by atoms with E-state index in [-0.39, 0.29) is 17.6 Å². The first kappa shape index (κ1) is 31.2. The zero-order chi connectivity index (χ0) is 31.9. The van der Waals surface area contributed by atoms with E-state index in [1.807, 2.05) is 38.6 Å². The number of carbonyl (C=O) groups excluding carboxylic acids is 1. The number of carbonyl (C=O) groups is 1. The van der Waals surface area contributed by atoms with Gasteiger partial charge in [0.1, 0.15) is 11.4 Å². The molecule has 6 rings (SSSR count). The molecule has 0 radical (unpaired) electrons. The van der Waals surface area contributed by atoms with E-state index in [1.54, 1.807) is 4.90 Å². The van der Waals surface area contributed by atoms with Crippen LogP contribution in [0.15, 0.2) is 47.6 Å². The normalized spacial score (nSPS) is 24.0. The Morgan fingerprint density at radius 3 is 2.42 bits per heavy atom. The summed E-state index contributed by atoms with van der Waals surface area (Å²) in [6.07, 6.45) is 4.03. The largest absolute Gasteiger partial charge is 0.444 e. The van der Waals surface area contributed by atoms with Gasteiger partial charge in [-0.3, -0.25) is 9.88 Å². The van der Waals surface area contributed by atoms with Gasteiger partial charge in [0.2, 0.25) is 5.95 Å². The number of hydrogen-bond acceptors (Lipinski definition) is 8. The molecule has 2 unspecified atom stereocenters. The molecule has 5 heterocycles. The number of anilines is 1. The maximum absolute atomic E-state index is 12.4. The first-order chi connectivity index (χ1) is 21.4. The minimum absolute atomic E-state index is 0.0378. The molecule has 240 valence electrons. The van der Waals surface area contributed by atoms with Gasteiger partial charge in [0, 0.05) is 74.4 Å². The van der Waals surface area contributed by atoms with Crippen molar-refractivity contribution in [1.82, 2.24) is 29.5 Å². The number of pyridine rings is 1. The number of fused-ring (bicyclic) bond motifs is 1. The lowest BCUT2D eigenvalue weighted by molar-refractivity contribution is 0.0139. The highest BCUT2D eigenvalue weighted by Gasteiger charge is 2.43. The van der Waals surface area contributed by atoms with E-state index >= 15 is 0 Å². The van der Waals surface area contributed by atoms with Crippen LogP contribution in [0.3, 0.4) is 0 Å². The summed E-state index contributed by atoms with van der Waals surface area (Å²) in [5.41, 5.74) is 5.22. The molecule has 0 spiro atoms. The van der Waals surface area contributed by atoms with Crippen LogP contribution in [0.4, 0.5) is 16.4 Å². The monoisotopic (exact) mass is 612 g/mol. The molecule has 3 atom stereocenters. The Bertz CT molecular complexity index is 1530. The molecule has 0 N–H and O–H groups in total. The third-order valence-corrected chi connectivity index (χ3v) is 9.88. The van der Waals surface area contributed by atoms with Crippen LogP contribution >= 0.6 is 0 Å². The maximum atomic E-state index is 12.4. The number of aliphatic imine (C=N–C) groups is 1. The van der Waals surface area contributed by atoms with E-state index in [4.69, 9.17) is 14.7 Å². The predicted octanol–water partition coefficient (Wildman–Crippen LogP) is 6.29. The van der Waals surface area contributed by atoms with Gasteiger partial charge < -0.3 is 14.5 Å². The number of aromatic nitrogens is 4. The van der Waals surface area contributed by atoms with Gasteiger partial charge in [-0.1, -0.05) is 25.1 Å². The number of ether oxygens (including phenoxy) is 1. The van der Waals surface area contributed by atoms with Gasteiger partial charge in [-0.25, -0.2) is 14.5 Å². The Morgan fingerprint density at radius 1 is 1.02 bits per heavy atom. The quantitative estimate of drug-likeness (QED) is 0.323. The van der Waals surface area contributed by atoms with Crippen LogP contribution in [0.2, 0.25) is 0 Å². The summed E-state index contributed by atoms with van der Waals surface area (Å²) >= 11 is 0. The van der Waals surface area contributed by atoms with Crippen LogP contribution in [0, 0.1) is 18.3 Å². The van der Waals surface area contributed by atoms with Crippen molar-refractivity contribution in [3.8, 4) is 11.3 Å². The summed E-state index contributed by atoms with van der Waals surface area (Å²) in [7, 11) is 0. The minimum Gasteiger partial charge on any atom is -0.444 e. The Balaban J connectivity index is 1.01. The van der Waals surface area contributed by atoms with Gasteiger partial charge in [-0.05, 0) is 84.1 Å². The second kappa shape index (κ2) is 12.2. The van der Waals surface area contributed by atoms with Gasteiger partial charge >= 0.3 is 6.09 Å². The van der Waals surface area contributed by atoms with E-state index in [9.17, 15) is 4.79 Å². The van der Waals surface area contributed by atoms with Gasteiger partial charge in [0.15, 0.2) is 0 Å². The molecule has 3 aliphatic heterocycles. The second-order valence-corrected chi connectivity index (χ2v) is 14.3. The first-order valence-corrected chi connectivity index (χ1v) is 16.4. The summed E-state index contributed by atoms with van der Waals surface area (Å²) in [4.78, 5) is 33.2. The zero-order valence-corrected chi connectivity index (χ0v) is 28.0. The lowest BCUT2D eigenvalue weighted by atomic mass is 9.71. The first-order valence-electron chi connectivity index (χ1n) is 16.4. The Labute approximate surface area is 267 Å². The Kier molecular flexibility index (Phi) is 8.45. The number of benzene rings is 1. The molecule has 3 aromatic rings. The number of amides is 1. The summed E-state index contributed by atoms with van der Waals surface area (Å²) in [5, 5.41) is 4.65. The summed E-state index contributed by atoms with van der Waals surface area (Å²) in [6, 6.07) is 13.4. The lowest BCUT2D eigenvalue weighted by Crippen LogP contribution is -2.49. The van der Waals surface area contributed by atoms with Gasteiger partial charge in [-0.2, -0.15) is 10.1 Å². The standard InChI is InChI=1S/C35H48N8O2/c1-24-35(7,25(2)43-32(37-24)38-26(3)39-43)20-27-14-15-42(23-27)30-11-9-29(10-12-30)31-13-8-28(21-36-31)22-40-16-18-41(19-17-40)33(44)45-34(4,5)6/h8-13,21,25,27H,14-20,22-23H2,1-7H3/t25?,27-,35?/m0/s1. The highest BCUT2D eigenvalue weighted by atomic mass is 16.6. The highest BCUT2D eigenvalue weighted by molar-refractivity contribution is 5.90. The fraction of sp³-hybridized carbons (Fsp3) is 0.571. The van der Waals surface area contributed by atoms with Crippen molar-refractivity contribution >= 4 is 23.4 Å². The van der Waals surface area contributed by atoms with Crippen molar-refractivity contribution in [2.24, 2.45) is 16.3 Å².